The van der Waals surface area contributed by atoms with E-state index in [0.29, 0.717) is 0 Å². The van der Waals surface area contributed by atoms with Crippen LogP contribution in [0.4, 0.5) is 0 Å². The van der Waals surface area contributed by atoms with Crippen molar-refractivity contribution in [2.75, 3.05) is 14.2 Å². The number of ether oxygens (including phenoxy) is 1. The van der Waals surface area contributed by atoms with Crippen molar-refractivity contribution < 1.29 is 4.74 Å². The third kappa shape index (κ3) is 4.53. The van der Waals surface area contributed by atoms with Gasteiger partial charge < -0.3 is 10.1 Å². The van der Waals surface area contributed by atoms with Gasteiger partial charge in [0.15, 0.2) is 0 Å². The van der Waals surface area contributed by atoms with E-state index in [1.807, 2.05) is 31.4 Å². The third-order valence-corrected chi connectivity index (χ3v) is 4.46. The molecule has 2 aromatic rings. The molecule has 112 valence electrons. The second-order valence-corrected chi connectivity index (χ2v) is 6.52. The van der Waals surface area contributed by atoms with E-state index < -0.39 is 0 Å². The molecule has 1 aromatic carbocycles. The number of rotatable bonds is 6. The smallest absolute Gasteiger partial charge is 0.118 e. The van der Waals surface area contributed by atoms with Gasteiger partial charge in [-0.2, -0.15) is 0 Å². The van der Waals surface area contributed by atoms with Crippen LogP contribution in [0.25, 0.3) is 0 Å². The number of nitrogens with zero attached hydrogens (tertiary/aromatic N) is 1. The molecule has 1 heterocycles. The molecule has 21 heavy (non-hydrogen) atoms. The molecule has 2 rings (SSSR count). The zero-order valence-corrected chi connectivity index (χ0v) is 15.2. The average Bonchev–Trinajstić information content (AvgIpc) is 2.50. The maximum Gasteiger partial charge on any atom is 0.118 e. The van der Waals surface area contributed by atoms with Gasteiger partial charge in [-0.05, 0) is 75.5 Å². The highest BCUT2D eigenvalue weighted by molar-refractivity contribution is 9.11. The first-order valence-electron chi connectivity index (χ1n) is 6.75. The Hall–Kier alpha value is -0.910. The van der Waals surface area contributed by atoms with Crippen LogP contribution < -0.4 is 10.1 Å². The lowest BCUT2D eigenvalue weighted by molar-refractivity contribution is 0.414. The van der Waals surface area contributed by atoms with Gasteiger partial charge in [0.05, 0.1) is 18.8 Å². The lowest BCUT2D eigenvalue weighted by Gasteiger charge is -2.17. The van der Waals surface area contributed by atoms with Crippen molar-refractivity contribution in [1.82, 2.24) is 10.3 Å². The maximum absolute atomic E-state index is 5.18. The zero-order valence-electron chi connectivity index (χ0n) is 12.1. The van der Waals surface area contributed by atoms with Crippen molar-refractivity contribution in [2.45, 2.75) is 18.9 Å². The summed E-state index contributed by atoms with van der Waals surface area (Å²) in [5.74, 6) is 0.890. The molecule has 0 amide bonds. The average molecular weight is 414 g/mol. The lowest BCUT2D eigenvalue weighted by Crippen LogP contribution is -2.19. The highest BCUT2D eigenvalue weighted by Crippen LogP contribution is 2.27. The molecule has 0 aliphatic heterocycles. The molecule has 3 nitrogen and oxygen atoms in total. The third-order valence-electron chi connectivity index (χ3n) is 3.40. The van der Waals surface area contributed by atoms with Crippen LogP contribution in [0.2, 0.25) is 0 Å². The summed E-state index contributed by atoms with van der Waals surface area (Å²) in [6, 6.07) is 10.5. The summed E-state index contributed by atoms with van der Waals surface area (Å²) >= 11 is 7.02. The molecule has 0 saturated carbocycles. The van der Waals surface area contributed by atoms with Crippen molar-refractivity contribution >= 4 is 31.9 Å². The Morgan fingerprint density at radius 3 is 2.52 bits per heavy atom. The van der Waals surface area contributed by atoms with Gasteiger partial charge in [0.25, 0.3) is 0 Å². The number of halogens is 2. The monoisotopic (exact) mass is 412 g/mol. The van der Waals surface area contributed by atoms with E-state index in [2.05, 4.69) is 54.3 Å². The Bertz CT molecular complexity index is 587. The molecule has 0 spiro atoms. The predicted molar refractivity (Wildman–Crippen MR) is 92.8 cm³/mol. The van der Waals surface area contributed by atoms with E-state index in [1.54, 1.807) is 7.11 Å². The van der Waals surface area contributed by atoms with Gasteiger partial charge in [0, 0.05) is 15.1 Å². The molecule has 1 unspecified atom stereocenters. The molecule has 5 heteroatoms. The topological polar surface area (TPSA) is 34.1 Å². The minimum atomic E-state index is 0.217. The first kappa shape index (κ1) is 16.5. The van der Waals surface area contributed by atoms with Crippen molar-refractivity contribution in [1.29, 1.82) is 0 Å². The van der Waals surface area contributed by atoms with Crippen molar-refractivity contribution in [3.05, 3.63) is 56.7 Å². The summed E-state index contributed by atoms with van der Waals surface area (Å²) in [5, 5.41) is 3.34. The van der Waals surface area contributed by atoms with Gasteiger partial charge in [-0.3, -0.25) is 4.98 Å². The van der Waals surface area contributed by atoms with Crippen LogP contribution in [-0.4, -0.2) is 19.1 Å². The SMILES string of the molecule is CNC(CCc1ccc(OC)cc1)c1ncc(Br)cc1Br. The number of aromatic nitrogens is 1. The first-order valence-corrected chi connectivity index (χ1v) is 8.33. The van der Waals surface area contributed by atoms with Crippen LogP contribution in [-0.2, 0) is 6.42 Å². The van der Waals surface area contributed by atoms with Gasteiger partial charge in [0.2, 0.25) is 0 Å². The highest BCUT2D eigenvalue weighted by Gasteiger charge is 2.14. The zero-order chi connectivity index (χ0) is 15.2. The standard InChI is InChI=1S/C16H18Br2N2O/c1-19-15(16-14(18)9-12(17)10-20-16)8-5-11-3-6-13(21-2)7-4-11/h3-4,6-7,9-10,15,19H,5,8H2,1-2H3. The molecule has 1 N–H and O–H groups in total. The van der Waals surface area contributed by atoms with Crippen LogP contribution in [0.3, 0.4) is 0 Å². The highest BCUT2D eigenvalue weighted by atomic mass is 79.9. The number of aryl methyl sites for hydroxylation is 1. The van der Waals surface area contributed by atoms with Crippen molar-refractivity contribution in [3.63, 3.8) is 0 Å². The summed E-state index contributed by atoms with van der Waals surface area (Å²) in [6.45, 7) is 0. The predicted octanol–water partition coefficient (Wildman–Crippen LogP) is 4.51. The Kier molecular flexibility index (Phi) is 6.21. The van der Waals surface area contributed by atoms with Crippen molar-refractivity contribution in [2.24, 2.45) is 0 Å². The second kappa shape index (κ2) is 7.92. The fourth-order valence-corrected chi connectivity index (χ4v) is 3.47. The van der Waals surface area contributed by atoms with Crippen LogP contribution in [0.1, 0.15) is 23.7 Å². The molecule has 0 bridgehead atoms. The van der Waals surface area contributed by atoms with Gasteiger partial charge in [0.1, 0.15) is 5.75 Å². The largest absolute Gasteiger partial charge is 0.497 e. The molecule has 1 aromatic heterocycles. The second-order valence-electron chi connectivity index (χ2n) is 4.75. The van der Waals surface area contributed by atoms with Gasteiger partial charge in [-0.1, -0.05) is 12.1 Å². The molecule has 0 aliphatic rings. The number of hydrogen-bond donors (Lipinski definition) is 1. The van der Waals surface area contributed by atoms with Crippen LogP contribution >= 0.6 is 31.9 Å². The summed E-state index contributed by atoms with van der Waals surface area (Å²) < 4.78 is 7.17. The summed E-state index contributed by atoms with van der Waals surface area (Å²) in [4.78, 5) is 4.51. The normalized spacial score (nSPS) is 12.2. The quantitative estimate of drug-likeness (QED) is 0.756. The summed E-state index contributed by atoms with van der Waals surface area (Å²) in [5.41, 5.74) is 2.33. The van der Waals surface area contributed by atoms with Crippen molar-refractivity contribution in [3.8, 4) is 5.75 Å². The molecule has 0 aliphatic carbocycles. The van der Waals surface area contributed by atoms with Crippen LogP contribution in [0.5, 0.6) is 5.75 Å². The Balaban J connectivity index is 2.04. The van der Waals surface area contributed by atoms with Crippen LogP contribution in [0, 0.1) is 0 Å². The Morgan fingerprint density at radius 2 is 1.95 bits per heavy atom. The number of benzene rings is 1. The van der Waals surface area contributed by atoms with E-state index in [4.69, 9.17) is 4.74 Å². The molecule has 1 atom stereocenters. The number of nitrogens with one attached hydrogen (secondary N) is 1. The Labute approximate surface area is 142 Å². The minimum Gasteiger partial charge on any atom is -0.497 e. The fourth-order valence-electron chi connectivity index (χ4n) is 2.20. The van der Waals surface area contributed by atoms with E-state index in [9.17, 15) is 0 Å². The number of pyridine rings is 1. The van der Waals surface area contributed by atoms with E-state index in [0.717, 1.165) is 33.2 Å². The number of methoxy groups -OCH3 is 1. The molecular weight excluding hydrogens is 396 g/mol. The lowest BCUT2D eigenvalue weighted by atomic mass is 10.0. The van der Waals surface area contributed by atoms with E-state index in [-0.39, 0.29) is 6.04 Å². The van der Waals surface area contributed by atoms with E-state index >= 15 is 0 Å². The van der Waals surface area contributed by atoms with Gasteiger partial charge >= 0.3 is 0 Å². The Morgan fingerprint density at radius 1 is 1.24 bits per heavy atom. The molecular formula is C16H18Br2N2O. The molecule has 0 saturated heterocycles. The van der Waals surface area contributed by atoms with Gasteiger partial charge in [-0.15, -0.1) is 0 Å². The minimum absolute atomic E-state index is 0.217. The first-order chi connectivity index (χ1) is 10.1. The number of hydrogen-bond acceptors (Lipinski definition) is 3. The summed E-state index contributed by atoms with van der Waals surface area (Å²) in [7, 11) is 3.65. The van der Waals surface area contributed by atoms with Crippen LogP contribution in [0.15, 0.2) is 45.5 Å². The molecule has 0 fully saturated rings. The maximum atomic E-state index is 5.18. The van der Waals surface area contributed by atoms with Gasteiger partial charge in [-0.25, -0.2) is 0 Å². The fraction of sp³-hybridized carbons (Fsp3) is 0.312. The summed E-state index contributed by atoms with van der Waals surface area (Å²) in [6.07, 6.45) is 3.80. The molecule has 0 radical (unpaired) electrons. The van der Waals surface area contributed by atoms with E-state index in [1.165, 1.54) is 5.56 Å².